The lowest BCUT2D eigenvalue weighted by Crippen LogP contribution is -2.37. The molecule has 4 rings (SSSR count). The van der Waals surface area contributed by atoms with Crippen LogP contribution >= 0.6 is 23.1 Å². The molecule has 1 amide bonds. The number of benzene rings is 2. The Hall–Kier alpha value is -2.09. The van der Waals surface area contributed by atoms with Crippen molar-refractivity contribution in [3.63, 3.8) is 0 Å². The third kappa shape index (κ3) is 4.13. The Morgan fingerprint density at radius 3 is 2.76 bits per heavy atom. The summed E-state index contributed by atoms with van der Waals surface area (Å²) in [4.78, 5) is 21.2. The summed E-state index contributed by atoms with van der Waals surface area (Å²) < 4.78 is 12.4. The van der Waals surface area contributed by atoms with Crippen LogP contribution in [0.2, 0.25) is 0 Å². The summed E-state index contributed by atoms with van der Waals surface area (Å²) in [5.41, 5.74) is 2.58. The van der Waals surface area contributed by atoms with Crippen LogP contribution in [-0.2, 0) is 4.74 Å². The number of aromatic nitrogens is 1. The number of fused-ring (bicyclic) bond motifs is 1. The van der Waals surface area contributed by atoms with Gasteiger partial charge in [0, 0.05) is 17.1 Å². The molecule has 0 saturated carbocycles. The average molecular weight is 429 g/mol. The fourth-order valence-electron chi connectivity index (χ4n) is 3.51. The van der Waals surface area contributed by atoms with Crippen LogP contribution in [-0.4, -0.2) is 43.5 Å². The Bertz CT molecular complexity index is 1010. The van der Waals surface area contributed by atoms with Crippen molar-refractivity contribution in [2.75, 3.05) is 31.4 Å². The van der Waals surface area contributed by atoms with Crippen molar-refractivity contribution in [3.8, 4) is 5.75 Å². The number of rotatable bonds is 6. The van der Waals surface area contributed by atoms with Gasteiger partial charge in [-0.05, 0) is 61.9 Å². The second kappa shape index (κ2) is 8.73. The first-order valence-corrected chi connectivity index (χ1v) is 11.7. The fraction of sp³-hybridized carbons (Fsp3) is 0.364. The van der Waals surface area contributed by atoms with Crippen molar-refractivity contribution in [1.29, 1.82) is 0 Å². The largest absolute Gasteiger partial charge is 0.494 e. The maximum absolute atomic E-state index is 13.4. The third-order valence-electron chi connectivity index (χ3n) is 5.14. The highest BCUT2D eigenvalue weighted by atomic mass is 32.2. The van der Waals surface area contributed by atoms with Crippen molar-refractivity contribution in [3.05, 3.63) is 47.5 Å². The molecule has 0 radical (unpaired) electrons. The first-order valence-electron chi connectivity index (χ1n) is 9.62. The van der Waals surface area contributed by atoms with Crippen LogP contribution in [0, 0.1) is 6.92 Å². The Morgan fingerprint density at radius 2 is 2.10 bits per heavy atom. The molecule has 2 aromatic carbocycles. The van der Waals surface area contributed by atoms with Crippen LogP contribution in [0.3, 0.4) is 0 Å². The first kappa shape index (κ1) is 20.2. The standard InChI is InChI=1S/C22H24N2O3S2/c1-14-6-11-18(26-2)19-20(14)29-22(23-19)24(13-16-5-4-12-27-16)21(25)15-7-9-17(28-3)10-8-15/h6-11,16H,4-5,12-13H2,1-3H3. The van der Waals surface area contributed by atoms with Gasteiger partial charge in [0.1, 0.15) is 11.3 Å². The molecule has 0 aliphatic carbocycles. The normalized spacial score (nSPS) is 16.3. The van der Waals surface area contributed by atoms with Crippen molar-refractivity contribution in [2.24, 2.45) is 0 Å². The maximum Gasteiger partial charge on any atom is 0.260 e. The average Bonchev–Trinajstić information content (AvgIpc) is 3.42. The summed E-state index contributed by atoms with van der Waals surface area (Å²) >= 11 is 3.19. The van der Waals surface area contributed by atoms with Crippen molar-refractivity contribution < 1.29 is 14.3 Å². The molecular weight excluding hydrogens is 404 g/mol. The predicted molar refractivity (Wildman–Crippen MR) is 120 cm³/mol. The van der Waals surface area contributed by atoms with E-state index in [0.29, 0.717) is 17.2 Å². The Balaban J connectivity index is 1.74. The van der Waals surface area contributed by atoms with E-state index in [9.17, 15) is 4.79 Å². The van der Waals surface area contributed by atoms with Gasteiger partial charge in [0.25, 0.3) is 5.91 Å². The molecule has 7 heteroatoms. The molecule has 0 bridgehead atoms. The second-order valence-corrected chi connectivity index (χ2v) is 8.90. The zero-order valence-electron chi connectivity index (χ0n) is 16.8. The Labute approximate surface area is 179 Å². The molecule has 1 unspecified atom stereocenters. The summed E-state index contributed by atoms with van der Waals surface area (Å²) in [6.07, 6.45) is 4.06. The van der Waals surface area contributed by atoms with E-state index in [2.05, 4.69) is 6.92 Å². The number of anilines is 1. The lowest BCUT2D eigenvalue weighted by atomic mass is 10.2. The zero-order valence-corrected chi connectivity index (χ0v) is 18.4. The van der Waals surface area contributed by atoms with Crippen LogP contribution in [0.5, 0.6) is 5.75 Å². The maximum atomic E-state index is 13.4. The van der Waals surface area contributed by atoms with Gasteiger partial charge in [-0.2, -0.15) is 0 Å². The van der Waals surface area contributed by atoms with Gasteiger partial charge in [0.2, 0.25) is 0 Å². The number of hydrogen-bond acceptors (Lipinski definition) is 6. The Morgan fingerprint density at radius 1 is 1.31 bits per heavy atom. The van der Waals surface area contributed by atoms with Crippen LogP contribution in [0.1, 0.15) is 28.8 Å². The van der Waals surface area contributed by atoms with Gasteiger partial charge in [0.05, 0.1) is 24.5 Å². The van der Waals surface area contributed by atoms with E-state index >= 15 is 0 Å². The van der Waals surface area contributed by atoms with Gasteiger partial charge in [-0.1, -0.05) is 17.4 Å². The number of carbonyl (C=O) groups is 1. The Kier molecular flexibility index (Phi) is 6.08. The minimum absolute atomic E-state index is 0.0411. The van der Waals surface area contributed by atoms with Crippen LogP contribution in [0.4, 0.5) is 5.13 Å². The van der Waals surface area contributed by atoms with E-state index < -0.39 is 0 Å². The van der Waals surface area contributed by atoms with Gasteiger partial charge >= 0.3 is 0 Å². The molecule has 3 aromatic rings. The van der Waals surface area contributed by atoms with Crippen LogP contribution < -0.4 is 9.64 Å². The molecule has 1 aliphatic heterocycles. The van der Waals surface area contributed by atoms with E-state index in [0.717, 1.165) is 45.9 Å². The number of thiazole rings is 1. The molecule has 29 heavy (non-hydrogen) atoms. The van der Waals surface area contributed by atoms with Crippen LogP contribution in [0.25, 0.3) is 10.2 Å². The lowest BCUT2D eigenvalue weighted by Gasteiger charge is -2.23. The van der Waals surface area contributed by atoms with E-state index in [1.807, 2.05) is 42.7 Å². The number of methoxy groups -OCH3 is 1. The molecule has 0 spiro atoms. The number of nitrogens with zero attached hydrogens (tertiary/aromatic N) is 2. The third-order valence-corrected chi connectivity index (χ3v) is 7.09. The summed E-state index contributed by atoms with van der Waals surface area (Å²) in [5.74, 6) is 0.672. The number of ether oxygens (including phenoxy) is 2. The minimum Gasteiger partial charge on any atom is -0.494 e. The van der Waals surface area contributed by atoms with Gasteiger partial charge in [0.15, 0.2) is 5.13 Å². The van der Waals surface area contributed by atoms with Crippen LogP contribution in [0.15, 0.2) is 41.3 Å². The monoisotopic (exact) mass is 428 g/mol. The number of aryl methyl sites for hydroxylation is 1. The topological polar surface area (TPSA) is 51.7 Å². The van der Waals surface area contributed by atoms with E-state index in [1.54, 1.807) is 23.8 Å². The van der Waals surface area contributed by atoms with Gasteiger partial charge in [-0.25, -0.2) is 4.98 Å². The SMILES string of the molecule is COc1ccc(C)c2sc(N(CC3CCCO3)C(=O)c3ccc(SC)cc3)nc12. The highest BCUT2D eigenvalue weighted by Crippen LogP contribution is 2.37. The molecule has 1 saturated heterocycles. The van der Waals surface area contributed by atoms with Crippen molar-refractivity contribution >= 4 is 44.4 Å². The molecule has 152 valence electrons. The summed E-state index contributed by atoms with van der Waals surface area (Å²) in [7, 11) is 1.64. The minimum atomic E-state index is -0.0520. The van der Waals surface area contributed by atoms with Gasteiger partial charge < -0.3 is 9.47 Å². The molecule has 0 N–H and O–H groups in total. The number of amides is 1. The number of carbonyl (C=O) groups excluding carboxylic acids is 1. The zero-order chi connectivity index (χ0) is 20.4. The van der Waals surface area contributed by atoms with Crippen molar-refractivity contribution in [2.45, 2.75) is 30.8 Å². The summed E-state index contributed by atoms with van der Waals surface area (Å²) in [6, 6.07) is 11.7. The quantitative estimate of drug-likeness (QED) is 0.508. The fourth-order valence-corrected chi connectivity index (χ4v) is 4.98. The molecule has 1 aliphatic rings. The molecule has 5 nitrogen and oxygen atoms in total. The predicted octanol–water partition coefficient (Wildman–Crippen LogP) is 5.16. The van der Waals surface area contributed by atoms with E-state index in [-0.39, 0.29) is 12.0 Å². The summed E-state index contributed by atoms with van der Waals surface area (Å²) in [6.45, 7) is 3.31. The van der Waals surface area contributed by atoms with E-state index in [4.69, 9.17) is 14.5 Å². The molecule has 1 atom stereocenters. The molecule has 2 heterocycles. The smallest absolute Gasteiger partial charge is 0.260 e. The molecular formula is C22H24N2O3S2. The number of hydrogen-bond donors (Lipinski definition) is 0. The van der Waals surface area contributed by atoms with Crippen molar-refractivity contribution in [1.82, 2.24) is 4.98 Å². The molecule has 1 fully saturated rings. The number of thioether (sulfide) groups is 1. The first-order chi connectivity index (χ1) is 14.1. The van der Waals surface area contributed by atoms with Gasteiger partial charge in [-0.15, -0.1) is 11.8 Å². The molecule has 1 aromatic heterocycles. The highest BCUT2D eigenvalue weighted by molar-refractivity contribution is 7.98. The lowest BCUT2D eigenvalue weighted by molar-refractivity contribution is 0.0917. The second-order valence-electron chi connectivity index (χ2n) is 7.04. The highest BCUT2D eigenvalue weighted by Gasteiger charge is 2.27. The van der Waals surface area contributed by atoms with Gasteiger partial charge in [-0.3, -0.25) is 9.69 Å². The summed E-state index contributed by atoms with van der Waals surface area (Å²) in [5, 5.41) is 0.682. The van der Waals surface area contributed by atoms with E-state index in [1.165, 1.54) is 11.3 Å².